The quantitative estimate of drug-likeness (QED) is 0.761. The fourth-order valence-corrected chi connectivity index (χ4v) is 4.59. The third-order valence-corrected chi connectivity index (χ3v) is 6.24. The van der Waals surface area contributed by atoms with Gasteiger partial charge < -0.3 is 5.32 Å². The first kappa shape index (κ1) is 15.3. The molecule has 1 aromatic heterocycles. The molecule has 1 aliphatic rings. The van der Waals surface area contributed by atoms with Crippen molar-refractivity contribution in [2.24, 2.45) is 5.41 Å². The van der Waals surface area contributed by atoms with E-state index in [9.17, 15) is 0 Å². The minimum atomic E-state index is 0.589. The van der Waals surface area contributed by atoms with Crippen molar-refractivity contribution in [2.45, 2.75) is 58.3 Å². The Morgan fingerprint density at radius 2 is 2.00 bits per heavy atom. The highest BCUT2D eigenvalue weighted by Crippen LogP contribution is 2.43. The second kappa shape index (κ2) is 7.10. The summed E-state index contributed by atoms with van der Waals surface area (Å²) in [6, 6.07) is 2.28. The second-order valence-corrected chi connectivity index (χ2v) is 7.82. The lowest BCUT2D eigenvalue weighted by atomic mass is 9.69. The van der Waals surface area contributed by atoms with E-state index in [1.165, 1.54) is 61.8 Å². The van der Waals surface area contributed by atoms with Crippen LogP contribution in [-0.2, 0) is 6.42 Å². The summed E-state index contributed by atoms with van der Waals surface area (Å²) in [4.78, 5) is 1.47. The largest absolute Gasteiger partial charge is 0.320 e. The minimum Gasteiger partial charge on any atom is -0.320 e. The van der Waals surface area contributed by atoms with E-state index in [0.29, 0.717) is 5.41 Å². The molecule has 1 nitrogen and oxygen atoms in total. The molecule has 1 heterocycles. The summed E-state index contributed by atoms with van der Waals surface area (Å²) < 4.78 is 0.975. The fourth-order valence-electron chi connectivity index (χ4n) is 3.35. The van der Waals surface area contributed by atoms with Gasteiger partial charge in [-0.05, 0) is 69.7 Å². The molecule has 1 fully saturated rings. The third kappa shape index (κ3) is 4.21. The molecule has 0 radical (unpaired) electrons. The molecule has 1 aliphatic carbocycles. The lowest BCUT2D eigenvalue weighted by molar-refractivity contribution is 0.158. The molecule has 0 spiro atoms. The lowest BCUT2D eigenvalue weighted by Crippen LogP contribution is -2.28. The summed E-state index contributed by atoms with van der Waals surface area (Å²) >= 11 is 7.95. The van der Waals surface area contributed by atoms with Crippen molar-refractivity contribution in [2.75, 3.05) is 13.6 Å². The molecule has 1 aromatic rings. The van der Waals surface area contributed by atoms with E-state index >= 15 is 0 Å². The molecule has 19 heavy (non-hydrogen) atoms. The number of halogens is 1. The number of rotatable bonds is 6. The van der Waals surface area contributed by atoms with Crippen molar-refractivity contribution in [3.8, 4) is 0 Å². The molecule has 0 aromatic carbocycles. The molecule has 0 bridgehead atoms. The van der Waals surface area contributed by atoms with Gasteiger partial charge in [-0.1, -0.05) is 30.9 Å². The summed E-state index contributed by atoms with van der Waals surface area (Å²) in [5.41, 5.74) is 1.83. The van der Waals surface area contributed by atoms with Crippen molar-refractivity contribution in [3.05, 3.63) is 20.8 Å². The van der Waals surface area contributed by atoms with Crippen LogP contribution in [0.25, 0.3) is 0 Å². The van der Waals surface area contributed by atoms with E-state index in [1.54, 1.807) is 11.3 Å². The van der Waals surface area contributed by atoms with Crippen LogP contribution in [0.5, 0.6) is 0 Å². The zero-order valence-corrected chi connectivity index (χ0v) is 13.8. The van der Waals surface area contributed by atoms with Crippen LogP contribution in [-0.4, -0.2) is 13.6 Å². The average Bonchev–Trinajstić information content (AvgIpc) is 2.75. The zero-order valence-electron chi connectivity index (χ0n) is 12.2. The van der Waals surface area contributed by atoms with Gasteiger partial charge in [-0.15, -0.1) is 11.3 Å². The van der Waals surface area contributed by atoms with Gasteiger partial charge in [0.2, 0.25) is 0 Å². The predicted octanol–water partition coefficient (Wildman–Crippen LogP) is 5.20. The second-order valence-electron chi connectivity index (χ2n) is 6.08. The van der Waals surface area contributed by atoms with Crippen molar-refractivity contribution in [3.63, 3.8) is 0 Å². The van der Waals surface area contributed by atoms with E-state index in [4.69, 9.17) is 11.6 Å². The van der Waals surface area contributed by atoms with Crippen LogP contribution in [0.1, 0.15) is 55.4 Å². The van der Waals surface area contributed by atoms with Crippen LogP contribution >= 0.6 is 22.9 Å². The Bertz CT molecular complexity index is 374. The first-order chi connectivity index (χ1) is 9.15. The van der Waals surface area contributed by atoms with E-state index in [0.717, 1.165) is 10.9 Å². The summed E-state index contributed by atoms with van der Waals surface area (Å²) in [5.74, 6) is 0. The Hall–Kier alpha value is -0.0500. The van der Waals surface area contributed by atoms with Gasteiger partial charge in [-0.2, -0.15) is 0 Å². The van der Waals surface area contributed by atoms with Crippen molar-refractivity contribution in [1.82, 2.24) is 5.32 Å². The molecule has 108 valence electrons. The standard InChI is InChI=1S/C16H26ClNS/c1-13-12-14(19-15(13)17)6-9-16(10-11-18-2)7-4-3-5-8-16/h12,18H,3-11H2,1-2H3. The Labute approximate surface area is 126 Å². The number of aryl methyl sites for hydroxylation is 2. The smallest absolute Gasteiger partial charge is 0.0960 e. The SMILES string of the molecule is CNCCC1(CCc2cc(C)c(Cl)s2)CCCCC1. The normalized spacial score (nSPS) is 18.7. The van der Waals surface area contributed by atoms with Crippen LogP contribution in [0.4, 0.5) is 0 Å². The molecule has 2 rings (SSSR count). The highest BCUT2D eigenvalue weighted by Gasteiger charge is 2.31. The molecular formula is C16H26ClNS. The topological polar surface area (TPSA) is 12.0 Å². The number of hydrogen-bond acceptors (Lipinski definition) is 2. The number of nitrogens with one attached hydrogen (secondary N) is 1. The Balaban J connectivity index is 1.95. The first-order valence-corrected chi connectivity index (χ1v) is 8.74. The lowest BCUT2D eigenvalue weighted by Gasteiger charge is -2.37. The van der Waals surface area contributed by atoms with Gasteiger partial charge in [0.05, 0.1) is 4.34 Å². The zero-order chi connectivity index (χ0) is 13.7. The van der Waals surface area contributed by atoms with Crippen LogP contribution in [0.3, 0.4) is 0 Å². The predicted molar refractivity (Wildman–Crippen MR) is 86.4 cm³/mol. The number of thiophene rings is 1. The third-order valence-electron chi connectivity index (χ3n) is 4.63. The van der Waals surface area contributed by atoms with Crippen molar-refractivity contribution < 1.29 is 0 Å². The average molecular weight is 300 g/mol. The molecule has 0 saturated heterocycles. The van der Waals surface area contributed by atoms with Crippen LogP contribution in [0, 0.1) is 12.3 Å². The highest BCUT2D eigenvalue weighted by atomic mass is 35.5. The summed E-state index contributed by atoms with van der Waals surface area (Å²) in [7, 11) is 2.07. The maximum absolute atomic E-state index is 6.18. The molecule has 1 saturated carbocycles. The molecule has 0 aliphatic heterocycles. The molecular weight excluding hydrogens is 274 g/mol. The maximum atomic E-state index is 6.18. The van der Waals surface area contributed by atoms with Crippen molar-refractivity contribution in [1.29, 1.82) is 0 Å². The minimum absolute atomic E-state index is 0.589. The van der Waals surface area contributed by atoms with Gasteiger partial charge in [-0.25, -0.2) is 0 Å². The molecule has 0 unspecified atom stereocenters. The number of hydrogen-bond donors (Lipinski definition) is 1. The Morgan fingerprint density at radius 3 is 2.58 bits per heavy atom. The van der Waals surface area contributed by atoms with E-state index in [1.807, 2.05) is 0 Å². The van der Waals surface area contributed by atoms with Gasteiger partial charge in [0.25, 0.3) is 0 Å². The van der Waals surface area contributed by atoms with E-state index < -0.39 is 0 Å². The first-order valence-electron chi connectivity index (χ1n) is 7.55. The fraction of sp³-hybridized carbons (Fsp3) is 0.750. The van der Waals surface area contributed by atoms with Crippen LogP contribution < -0.4 is 5.32 Å². The monoisotopic (exact) mass is 299 g/mol. The van der Waals surface area contributed by atoms with Gasteiger partial charge in [-0.3, -0.25) is 0 Å². The van der Waals surface area contributed by atoms with Gasteiger partial charge in [0, 0.05) is 4.88 Å². The highest BCUT2D eigenvalue weighted by molar-refractivity contribution is 7.16. The Kier molecular flexibility index (Phi) is 5.73. The summed E-state index contributed by atoms with van der Waals surface area (Å²) in [5, 5.41) is 3.33. The van der Waals surface area contributed by atoms with E-state index in [-0.39, 0.29) is 0 Å². The van der Waals surface area contributed by atoms with Crippen LogP contribution in [0.2, 0.25) is 4.34 Å². The van der Waals surface area contributed by atoms with Gasteiger partial charge in [0.1, 0.15) is 0 Å². The van der Waals surface area contributed by atoms with Crippen LogP contribution in [0.15, 0.2) is 6.07 Å². The summed E-state index contributed by atoms with van der Waals surface area (Å²) in [6.45, 7) is 3.27. The van der Waals surface area contributed by atoms with E-state index in [2.05, 4.69) is 25.4 Å². The maximum Gasteiger partial charge on any atom is 0.0960 e. The molecule has 0 amide bonds. The van der Waals surface area contributed by atoms with Crippen molar-refractivity contribution >= 4 is 22.9 Å². The Morgan fingerprint density at radius 1 is 1.26 bits per heavy atom. The molecule has 1 N–H and O–H groups in total. The summed E-state index contributed by atoms with van der Waals surface area (Å²) in [6.07, 6.45) is 11.0. The van der Waals surface area contributed by atoms with Gasteiger partial charge in [0.15, 0.2) is 0 Å². The molecule has 3 heteroatoms. The molecule has 0 atom stereocenters. The van der Waals surface area contributed by atoms with Gasteiger partial charge >= 0.3 is 0 Å².